The molecule has 0 aromatic carbocycles. The van der Waals surface area contributed by atoms with Gasteiger partial charge in [-0.25, -0.2) is 0 Å². The highest BCUT2D eigenvalue weighted by Gasteiger charge is 2.17. The second kappa shape index (κ2) is 6.26. The summed E-state index contributed by atoms with van der Waals surface area (Å²) in [4.78, 5) is 0. The molecule has 0 amide bonds. The first-order valence-corrected chi connectivity index (χ1v) is 6.52. The van der Waals surface area contributed by atoms with Crippen LogP contribution in [-0.4, -0.2) is 17.8 Å². The highest BCUT2D eigenvalue weighted by atomic mass is 32.1. The van der Waals surface area contributed by atoms with Crippen LogP contribution < -0.4 is 5.32 Å². The number of hydrogen-bond donors (Lipinski definition) is 2. The van der Waals surface area contributed by atoms with Crippen LogP contribution in [0.3, 0.4) is 0 Å². The van der Waals surface area contributed by atoms with Gasteiger partial charge in [0.1, 0.15) is 0 Å². The van der Waals surface area contributed by atoms with Gasteiger partial charge in [-0.15, -0.1) is 0 Å². The fourth-order valence-corrected chi connectivity index (χ4v) is 2.37. The molecule has 1 rings (SSSR count). The maximum atomic E-state index is 9.31. The van der Waals surface area contributed by atoms with Gasteiger partial charge in [0, 0.05) is 12.1 Å². The minimum Gasteiger partial charge on any atom is -0.395 e. The molecule has 0 aliphatic carbocycles. The Morgan fingerprint density at radius 2 is 2.20 bits per heavy atom. The van der Waals surface area contributed by atoms with Gasteiger partial charge in [-0.3, -0.25) is 0 Å². The highest BCUT2D eigenvalue weighted by Crippen LogP contribution is 2.18. The second-order valence-corrected chi connectivity index (χ2v) is 4.90. The highest BCUT2D eigenvalue weighted by molar-refractivity contribution is 7.07. The van der Waals surface area contributed by atoms with Crippen molar-refractivity contribution in [1.82, 2.24) is 5.32 Å². The molecule has 0 aliphatic heterocycles. The van der Waals surface area contributed by atoms with Crippen LogP contribution in [0.5, 0.6) is 0 Å². The predicted molar refractivity (Wildman–Crippen MR) is 66.2 cm³/mol. The van der Waals surface area contributed by atoms with Crippen LogP contribution in [0.15, 0.2) is 16.8 Å². The van der Waals surface area contributed by atoms with Crippen molar-refractivity contribution in [3.8, 4) is 0 Å². The van der Waals surface area contributed by atoms with E-state index in [1.807, 2.05) is 0 Å². The smallest absolute Gasteiger partial charge is 0.0587 e. The van der Waals surface area contributed by atoms with E-state index in [4.69, 9.17) is 0 Å². The van der Waals surface area contributed by atoms with Gasteiger partial charge in [-0.2, -0.15) is 11.3 Å². The summed E-state index contributed by atoms with van der Waals surface area (Å²) in [5, 5.41) is 17.0. The van der Waals surface area contributed by atoms with E-state index < -0.39 is 0 Å². The zero-order valence-corrected chi connectivity index (χ0v) is 10.6. The monoisotopic (exact) mass is 227 g/mol. The molecule has 0 saturated heterocycles. The number of thiophene rings is 1. The average Bonchev–Trinajstić information content (AvgIpc) is 2.77. The van der Waals surface area contributed by atoms with Crippen molar-refractivity contribution < 1.29 is 5.11 Å². The van der Waals surface area contributed by atoms with Gasteiger partial charge in [0.2, 0.25) is 0 Å². The van der Waals surface area contributed by atoms with Crippen LogP contribution in [-0.2, 0) is 0 Å². The van der Waals surface area contributed by atoms with Gasteiger partial charge in [-0.05, 0) is 35.2 Å². The zero-order chi connectivity index (χ0) is 11.3. The molecule has 1 aromatic heterocycles. The summed E-state index contributed by atoms with van der Waals surface area (Å²) in [5.41, 5.74) is 1.31. The number of nitrogens with one attached hydrogen (secondary N) is 1. The molecular weight excluding hydrogens is 206 g/mol. The third-order valence-electron chi connectivity index (χ3n) is 3.03. The molecule has 3 heteroatoms. The lowest BCUT2D eigenvalue weighted by molar-refractivity contribution is 0.192. The average molecular weight is 227 g/mol. The number of aliphatic hydroxyl groups excluding tert-OH is 1. The predicted octanol–water partition coefficient (Wildman–Crippen LogP) is 2.81. The van der Waals surface area contributed by atoms with Crippen LogP contribution in [0, 0.1) is 5.92 Å². The summed E-state index contributed by atoms with van der Waals surface area (Å²) < 4.78 is 0. The third kappa shape index (κ3) is 3.59. The molecule has 15 heavy (non-hydrogen) atoms. The normalized spacial score (nSPS) is 17.3. The van der Waals surface area contributed by atoms with E-state index in [1.165, 1.54) is 5.56 Å². The SMILES string of the molecule is CCC(C)C(CO)NC(C)c1ccsc1. The van der Waals surface area contributed by atoms with Crippen molar-refractivity contribution >= 4 is 11.3 Å². The van der Waals surface area contributed by atoms with Gasteiger partial charge in [0.25, 0.3) is 0 Å². The molecule has 0 spiro atoms. The first kappa shape index (κ1) is 12.7. The maximum Gasteiger partial charge on any atom is 0.0587 e. The molecular formula is C12H21NOS. The number of hydrogen-bond acceptors (Lipinski definition) is 3. The van der Waals surface area contributed by atoms with Crippen molar-refractivity contribution in [2.75, 3.05) is 6.61 Å². The topological polar surface area (TPSA) is 32.3 Å². The van der Waals surface area contributed by atoms with Crippen LogP contribution >= 0.6 is 11.3 Å². The lowest BCUT2D eigenvalue weighted by atomic mass is 9.98. The lowest BCUT2D eigenvalue weighted by Gasteiger charge is -2.26. The molecule has 0 saturated carbocycles. The minimum atomic E-state index is 0.199. The fourth-order valence-electron chi connectivity index (χ4n) is 1.62. The fraction of sp³-hybridized carbons (Fsp3) is 0.667. The molecule has 2 N–H and O–H groups in total. The van der Waals surface area contributed by atoms with Crippen molar-refractivity contribution in [2.45, 2.75) is 39.3 Å². The Hall–Kier alpha value is -0.380. The largest absolute Gasteiger partial charge is 0.395 e. The molecule has 0 aliphatic rings. The molecule has 1 heterocycles. The van der Waals surface area contributed by atoms with E-state index in [0.717, 1.165) is 6.42 Å². The van der Waals surface area contributed by atoms with E-state index in [-0.39, 0.29) is 12.6 Å². The van der Waals surface area contributed by atoms with Crippen LogP contribution in [0.1, 0.15) is 38.8 Å². The van der Waals surface area contributed by atoms with Crippen LogP contribution in [0.2, 0.25) is 0 Å². The van der Waals surface area contributed by atoms with E-state index >= 15 is 0 Å². The maximum absolute atomic E-state index is 9.31. The Morgan fingerprint density at radius 1 is 1.47 bits per heavy atom. The molecule has 0 radical (unpaired) electrons. The van der Waals surface area contributed by atoms with Gasteiger partial charge in [0.15, 0.2) is 0 Å². The Bertz CT molecular complexity index is 261. The van der Waals surface area contributed by atoms with E-state index in [9.17, 15) is 5.11 Å². The van der Waals surface area contributed by atoms with Gasteiger partial charge >= 0.3 is 0 Å². The Balaban J connectivity index is 2.52. The Kier molecular flexibility index (Phi) is 5.29. The van der Waals surface area contributed by atoms with Gasteiger partial charge < -0.3 is 10.4 Å². The van der Waals surface area contributed by atoms with Crippen LogP contribution in [0.25, 0.3) is 0 Å². The van der Waals surface area contributed by atoms with E-state index in [1.54, 1.807) is 11.3 Å². The summed E-state index contributed by atoms with van der Waals surface area (Å²) >= 11 is 1.71. The summed E-state index contributed by atoms with van der Waals surface area (Å²) in [7, 11) is 0. The second-order valence-electron chi connectivity index (χ2n) is 4.12. The summed E-state index contributed by atoms with van der Waals surface area (Å²) in [6.07, 6.45) is 1.09. The Labute approximate surface area is 96.3 Å². The number of rotatable bonds is 6. The third-order valence-corrected chi connectivity index (χ3v) is 3.74. The lowest BCUT2D eigenvalue weighted by Crippen LogP contribution is -2.39. The first-order valence-electron chi connectivity index (χ1n) is 5.58. The molecule has 0 bridgehead atoms. The Morgan fingerprint density at radius 3 is 2.67 bits per heavy atom. The van der Waals surface area contributed by atoms with E-state index in [2.05, 4.69) is 42.9 Å². The molecule has 3 atom stereocenters. The number of aliphatic hydroxyl groups is 1. The molecule has 86 valence electrons. The van der Waals surface area contributed by atoms with Gasteiger partial charge in [-0.1, -0.05) is 20.3 Å². The van der Waals surface area contributed by atoms with Crippen molar-refractivity contribution in [3.63, 3.8) is 0 Å². The quantitative estimate of drug-likeness (QED) is 0.783. The van der Waals surface area contributed by atoms with E-state index in [0.29, 0.717) is 12.0 Å². The van der Waals surface area contributed by atoms with Crippen LogP contribution in [0.4, 0.5) is 0 Å². The zero-order valence-electron chi connectivity index (χ0n) is 9.73. The molecule has 1 aromatic rings. The van der Waals surface area contributed by atoms with Crippen molar-refractivity contribution in [3.05, 3.63) is 22.4 Å². The summed E-state index contributed by atoms with van der Waals surface area (Å²) in [6, 6.07) is 2.65. The molecule has 2 nitrogen and oxygen atoms in total. The minimum absolute atomic E-state index is 0.199. The van der Waals surface area contributed by atoms with Gasteiger partial charge in [0.05, 0.1) is 6.61 Å². The van der Waals surface area contributed by atoms with Crippen molar-refractivity contribution in [1.29, 1.82) is 0 Å². The standard InChI is InChI=1S/C12H21NOS/c1-4-9(2)12(7-14)13-10(3)11-5-6-15-8-11/h5-6,8-10,12-14H,4,7H2,1-3H3. The summed E-state index contributed by atoms with van der Waals surface area (Å²) in [5.74, 6) is 0.510. The molecule has 0 fully saturated rings. The summed E-state index contributed by atoms with van der Waals surface area (Å²) in [6.45, 7) is 6.69. The molecule has 3 unspecified atom stereocenters. The van der Waals surface area contributed by atoms with Crippen molar-refractivity contribution in [2.24, 2.45) is 5.92 Å². The first-order chi connectivity index (χ1) is 7.19.